The average Bonchev–Trinajstić information content (AvgIpc) is 2.36. The highest BCUT2D eigenvalue weighted by molar-refractivity contribution is 6.31. The summed E-state index contributed by atoms with van der Waals surface area (Å²) in [6.07, 6.45) is -0.0339. The van der Waals surface area contributed by atoms with E-state index in [9.17, 15) is 13.6 Å². The van der Waals surface area contributed by atoms with Crippen molar-refractivity contribution in [2.45, 2.75) is 13.3 Å². The molecule has 2 aromatic carbocycles. The van der Waals surface area contributed by atoms with Crippen LogP contribution in [0.3, 0.4) is 0 Å². The Morgan fingerprint density at radius 2 is 1.70 bits per heavy atom. The molecule has 20 heavy (non-hydrogen) atoms. The summed E-state index contributed by atoms with van der Waals surface area (Å²) < 4.78 is 27.4. The van der Waals surface area contributed by atoms with Crippen LogP contribution in [0.1, 0.15) is 18.1 Å². The van der Waals surface area contributed by atoms with E-state index in [0.29, 0.717) is 16.3 Å². The summed E-state index contributed by atoms with van der Waals surface area (Å²) in [5.74, 6) is -1.56. The number of anilines is 1. The van der Waals surface area contributed by atoms with Crippen molar-refractivity contribution in [3.8, 4) is 0 Å². The molecule has 0 aromatic heterocycles. The van der Waals surface area contributed by atoms with Gasteiger partial charge in [0.05, 0.1) is 0 Å². The molecule has 0 saturated carbocycles. The molecule has 0 aliphatic heterocycles. The standard InChI is InChI=1S/C15H12ClF2NO/c1-9(20)19-15-7-2-4-12(16)10(15)8-11-13(17)5-3-6-14(11)18/h2-7H,8H2,1H3,(H,19,20). The average molecular weight is 296 g/mol. The Morgan fingerprint density at radius 3 is 2.30 bits per heavy atom. The fourth-order valence-electron chi connectivity index (χ4n) is 1.92. The zero-order valence-corrected chi connectivity index (χ0v) is 11.5. The number of rotatable bonds is 3. The van der Waals surface area contributed by atoms with E-state index in [4.69, 9.17) is 11.6 Å². The molecule has 0 unspecified atom stereocenters. The van der Waals surface area contributed by atoms with E-state index < -0.39 is 11.6 Å². The molecule has 0 heterocycles. The maximum Gasteiger partial charge on any atom is 0.221 e. The van der Waals surface area contributed by atoms with E-state index in [2.05, 4.69) is 5.32 Å². The summed E-state index contributed by atoms with van der Waals surface area (Å²) in [4.78, 5) is 11.2. The summed E-state index contributed by atoms with van der Waals surface area (Å²) in [6, 6.07) is 8.59. The molecule has 0 fully saturated rings. The molecular weight excluding hydrogens is 284 g/mol. The Kier molecular flexibility index (Phi) is 4.35. The van der Waals surface area contributed by atoms with Gasteiger partial charge in [0, 0.05) is 29.6 Å². The normalized spacial score (nSPS) is 10.4. The highest BCUT2D eigenvalue weighted by atomic mass is 35.5. The van der Waals surface area contributed by atoms with E-state index >= 15 is 0 Å². The number of hydrogen-bond acceptors (Lipinski definition) is 1. The van der Waals surface area contributed by atoms with Gasteiger partial charge in [0.1, 0.15) is 11.6 Å². The van der Waals surface area contributed by atoms with E-state index in [1.165, 1.54) is 25.1 Å². The van der Waals surface area contributed by atoms with E-state index in [1.807, 2.05) is 0 Å². The van der Waals surface area contributed by atoms with Crippen LogP contribution in [-0.4, -0.2) is 5.91 Å². The van der Waals surface area contributed by atoms with Gasteiger partial charge >= 0.3 is 0 Å². The first-order chi connectivity index (χ1) is 9.49. The van der Waals surface area contributed by atoms with Crippen molar-refractivity contribution in [1.29, 1.82) is 0 Å². The second-order valence-electron chi connectivity index (χ2n) is 4.32. The largest absolute Gasteiger partial charge is 0.326 e. The summed E-state index contributed by atoms with van der Waals surface area (Å²) in [5.41, 5.74) is 0.855. The van der Waals surface area contributed by atoms with E-state index in [-0.39, 0.29) is 17.9 Å². The monoisotopic (exact) mass is 295 g/mol. The Bertz CT molecular complexity index is 638. The quantitative estimate of drug-likeness (QED) is 0.905. The van der Waals surface area contributed by atoms with Crippen molar-refractivity contribution < 1.29 is 13.6 Å². The van der Waals surface area contributed by atoms with Gasteiger partial charge in [0.25, 0.3) is 0 Å². The Balaban J connectivity index is 2.45. The summed E-state index contributed by atoms with van der Waals surface area (Å²) in [7, 11) is 0. The van der Waals surface area contributed by atoms with Crippen LogP contribution in [0.15, 0.2) is 36.4 Å². The Labute approximate surface area is 120 Å². The molecule has 0 radical (unpaired) electrons. The first-order valence-electron chi connectivity index (χ1n) is 5.97. The maximum atomic E-state index is 13.7. The number of halogens is 3. The number of carbonyl (C=O) groups excluding carboxylic acids is 1. The number of amides is 1. The second kappa shape index (κ2) is 6.01. The van der Waals surface area contributed by atoms with Gasteiger partial charge in [-0.05, 0) is 29.8 Å². The van der Waals surface area contributed by atoms with Crippen molar-refractivity contribution in [3.05, 3.63) is 64.2 Å². The molecule has 0 saturated heterocycles. The van der Waals surface area contributed by atoms with Gasteiger partial charge in [0.2, 0.25) is 5.91 Å². The summed E-state index contributed by atoms with van der Waals surface area (Å²) in [5, 5.41) is 2.95. The molecule has 0 spiro atoms. The van der Waals surface area contributed by atoms with Gasteiger partial charge in [-0.2, -0.15) is 0 Å². The minimum absolute atomic E-state index is 0.0339. The van der Waals surface area contributed by atoms with Crippen LogP contribution in [0.2, 0.25) is 5.02 Å². The first-order valence-corrected chi connectivity index (χ1v) is 6.34. The minimum Gasteiger partial charge on any atom is -0.326 e. The second-order valence-corrected chi connectivity index (χ2v) is 4.73. The van der Waals surface area contributed by atoms with Gasteiger partial charge < -0.3 is 5.32 Å². The fraction of sp³-hybridized carbons (Fsp3) is 0.133. The fourth-order valence-corrected chi connectivity index (χ4v) is 2.16. The number of benzene rings is 2. The van der Waals surface area contributed by atoms with Gasteiger partial charge in [-0.25, -0.2) is 8.78 Å². The molecule has 1 amide bonds. The molecule has 0 bridgehead atoms. The third-order valence-electron chi connectivity index (χ3n) is 2.84. The zero-order chi connectivity index (χ0) is 14.7. The molecule has 104 valence electrons. The lowest BCUT2D eigenvalue weighted by Crippen LogP contribution is -2.09. The van der Waals surface area contributed by atoms with Crippen LogP contribution in [0.25, 0.3) is 0 Å². The predicted octanol–water partition coefficient (Wildman–Crippen LogP) is 4.17. The summed E-state index contributed by atoms with van der Waals surface area (Å²) >= 11 is 6.07. The topological polar surface area (TPSA) is 29.1 Å². The van der Waals surface area contributed by atoms with Crippen LogP contribution in [0, 0.1) is 11.6 Å². The van der Waals surface area contributed by atoms with Gasteiger partial charge in [0.15, 0.2) is 0 Å². The molecule has 1 N–H and O–H groups in total. The lowest BCUT2D eigenvalue weighted by Gasteiger charge is -2.13. The van der Waals surface area contributed by atoms with Crippen LogP contribution < -0.4 is 5.32 Å². The zero-order valence-electron chi connectivity index (χ0n) is 10.7. The van der Waals surface area contributed by atoms with Crippen molar-refractivity contribution >= 4 is 23.2 Å². The minimum atomic E-state index is -0.640. The molecule has 2 nitrogen and oxygen atoms in total. The Morgan fingerprint density at radius 1 is 1.10 bits per heavy atom. The molecule has 2 aromatic rings. The number of hydrogen-bond donors (Lipinski definition) is 1. The molecular formula is C15H12ClF2NO. The lowest BCUT2D eigenvalue weighted by molar-refractivity contribution is -0.114. The van der Waals surface area contributed by atoms with Crippen LogP contribution >= 0.6 is 11.6 Å². The number of carbonyl (C=O) groups is 1. The summed E-state index contributed by atoms with van der Waals surface area (Å²) in [6.45, 7) is 1.36. The number of nitrogens with one attached hydrogen (secondary N) is 1. The molecule has 0 atom stereocenters. The van der Waals surface area contributed by atoms with Crippen LogP contribution in [0.5, 0.6) is 0 Å². The maximum absolute atomic E-state index is 13.7. The lowest BCUT2D eigenvalue weighted by atomic mass is 10.0. The third kappa shape index (κ3) is 3.14. The van der Waals surface area contributed by atoms with E-state index in [1.54, 1.807) is 18.2 Å². The van der Waals surface area contributed by atoms with Crippen molar-refractivity contribution in [2.75, 3.05) is 5.32 Å². The third-order valence-corrected chi connectivity index (χ3v) is 3.20. The Hall–Kier alpha value is -1.94. The smallest absolute Gasteiger partial charge is 0.221 e. The van der Waals surface area contributed by atoms with Crippen molar-refractivity contribution in [1.82, 2.24) is 0 Å². The highest BCUT2D eigenvalue weighted by Gasteiger charge is 2.14. The van der Waals surface area contributed by atoms with E-state index in [0.717, 1.165) is 0 Å². The molecule has 0 aliphatic carbocycles. The van der Waals surface area contributed by atoms with Crippen molar-refractivity contribution in [2.24, 2.45) is 0 Å². The van der Waals surface area contributed by atoms with Gasteiger partial charge in [-0.1, -0.05) is 23.7 Å². The van der Waals surface area contributed by atoms with Crippen molar-refractivity contribution in [3.63, 3.8) is 0 Å². The van der Waals surface area contributed by atoms with Crippen LogP contribution in [-0.2, 0) is 11.2 Å². The van der Waals surface area contributed by atoms with Gasteiger partial charge in [-0.3, -0.25) is 4.79 Å². The molecule has 2 rings (SSSR count). The predicted molar refractivity (Wildman–Crippen MR) is 74.9 cm³/mol. The highest BCUT2D eigenvalue weighted by Crippen LogP contribution is 2.28. The SMILES string of the molecule is CC(=O)Nc1cccc(Cl)c1Cc1c(F)cccc1F. The van der Waals surface area contributed by atoms with Gasteiger partial charge in [-0.15, -0.1) is 0 Å². The molecule has 5 heteroatoms. The first kappa shape index (κ1) is 14.5. The van der Waals surface area contributed by atoms with Crippen LogP contribution in [0.4, 0.5) is 14.5 Å². The molecule has 0 aliphatic rings.